The Morgan fingerprint density at radius 1 is 1.07 bits per heavy atom. The van der Waals surface area contributed by atoms with Crippen molar-refractivity contribution in [3.8, 4) is 11.6 Å². The highest BCUT2D eigenvalue weighted by atomic mass is 16.5. The van der Waals surface area contributed by atoms with Gasteiger partial charge in [-0.15, -0.1) is 4.91 Å². The number of aryl methyl sites for hydroxylation is 2. The number of hydrogen-bond donors (Lipinski definition) is 1. The van der Waals surface area contributed by atoms with Gasteiger partial charge in [0.1, 0.15) is 5.75 Å². The molecular formula is C22H26N2O3. The number of nitroso groups, excluding NO2 is 1. The van der Waals surface area contributed by atoms with Crippen LogP contribution in [0.5, 0.6) is 11.6 Å². The van der Waals surface area contributed by atoms with Crippen LogP contribution < -0.4 is 4.74 Å². The fourth-order valence-electron chi connectivity index (χ4n) is 3.32. The first-order chi connectivity index (χ1) is 12.9. The van der Waals surface area contributed by atoms with Crippen LogP contribution in [-0.4, -0.2) is 16.3 Å². The summed E-state index contributed by atoms with van der Waals surface area (Å²) in [5, 5.41) is 14.4. The quantitative estimate of drug-likeness (QED) is 0.535. The van der Waals surface area contributed by atoms with Crippen LogP contribution in [0.1, 0.15) is 37.0 Å². The molecule has 1 aromatic heterocycles. The first kappa shape index (κ1) is 19.0. The largest absolute Gasteiger partial charge is 0.494 e. The van der Waals surface area contributed by atoms with E-state index in [0.717, 1.165) is 39.8 Å². The Morgan fingerprint density at radius 2 is 1.74 bits per heavy atom. The standard InChI is InChI=1S/C22H26N2O3/c1-14(2)11-12-27-18-9-7-17(8-10-18)13-24-21-16(4)6-5-15(3)19(21)20(23-26)22(24)25/h5-10,14,25H,11-13H2,1-4H3. The zero-order valence-corrected chi connectivity index (χ0v) is 16.3. The Labute approximate surface area is 159 Å². The Morgan fingerprint density at radius 3 is 2.37 bits per heavy atom. The lowest BCUT2D eigenvalue weighted by molar-refractivity contribution is 0.289. The molecule has 0 aliphatic heterocycles. The molecule has 1 heterocycles. The predicted octanol–water partition coefficient (Wildman–Crippen LogP) is 5.83. The summed E-state index contributed by atoms with van der Waals surface area (Å²) < 4.78 is 7.51. The molecule has 0 aliphatic carbocycles. The molecule has 0 spiro atoms. The molecule has 0 unspecified atom stereocenters. The number of rotatable bonds is 7. The minimum atomic E-state index is -0.0883. The van der Waals surface area contributed by atoms with Crippen LogP contribution in [0.4, 0.5) is 5.69 Å². The molecule has 142 valence electrons. The molecule has 0 radical (unpaired) electrons. The van der Waals surface area contributed by atoms with E-state index in [2.05, 4.69) is 19.0 Å². The summed E-state index contributed by atoms with van der Waals surface area (Å²) in [5.74, 6) is 1.36. The van der Waals surface area contributed by atoms with Crippen LogP contribution >= 0.6 is 0 Å². The maximum Gasteiger partial charge on any atom is 0.222 e. The van der Waals surface area contributed by atoms with Gasteiger partial charge in [-0.1, -0.05) is 38.1 Å². The van der Waals surface area contributed by atoms with Crippen molar-refractivity contribution in [3.63, 3.8) is 0 Å². The lowest BCUT2D eigenvalue weighted by atomic mass is 10.1. The highest BCUT2D eigenvalue weighted by molar-refractivity contribution is 5.99. The normalized spacial score (nSPS) is 11.3. The van der Waals surface area contributed by atoms with Gasteiger partial charge in [-0.3, -0.25) is 0 Å². The van der Waals surface area contributed by atoms with Gasteiger partial charge in [0.15, 0.2) is 5.69 Å². The molecule has 3 aromatic rings. The van der Waals surface area contributed by atoms with Gasteiger partial charge in [0.25, 0.3) is 0 Å². The molecule has 0 atom stereocenters. The van der Waals surface area contributed by atoms with E-state index in [1.54, 1.807) is 4.57 Å². The molecule has 5 nitrogen and oxygen atoms in total. The molecule has 0 bridgehead atoms. The second kappa shape index (κ2) is 7.82. The number of nitrogens with zero attached hydrogens (tertiary/aromatic N) is 2. The number of aromatic hydroxyl groups is 1. The molecule has 0 fully saturated rings. The van der Waals surface area contributed by atoms with E-state index in [4.69, 9.17) is 4.74 Å². The monoisotopic (exact) mass is 366 g/mol. The maximum atomic E-state index is 11.3. The number of ether oxygens (including phenoxy) is 1. The fraction of sp³-hybridized carbons (Fsp3) is 0.364. The zero-order valence-electron chi connectivity index (χ0n) is 16.3. The summed E-state index contributed by atoms with van der Waals surface area (Å²) in [4.78, 5) is 11.3. The summed E-state index contributed by atoms with van der Waals surface area (Å²) in [6.07, 6.45) is 1.02. The lowest BCUT2D eigenvalue weighted by Crippen LogP contribution is -2.02. The van der Waals surface area contributed by atoms with Crippen LogP contribution in [0.15, 0.2) is 41.6 Å². The van der Waals surface area contributed by atoms with Gasteiger partial charge >= 0.3 is 0 Å². The fourth-order valence-corrected chi connectivity index (χ4v) is 3.32. The van der Waals surface area contributed by atoms with Crippen LogP contribution in [0.3, 0.4) is 0 Å². The molecular weight excluding hydrogens is 340 g/mol. The summed E-state index contributed by atoms with van der Waals surface area (Å²) in [6.45, 7) is 9.39. The third-order valence-corrected chi connectivity index (χ3v) is 4.88. The second-order valence-corrected chi connectivity index (χ2v) is 7.45. The summed E-state index contributed by atoms with van der Waals surface area (Å²) in [6, 6.07) is 11.8. The van der Waals surface area contributed by atoms with E-state index >= 15 is 0 Å². The van der Waals surface area contributed by atoms with Crippen molar-refractivity contribution in [3.05, 3.63) is 58.0 Å². The van der Waals surface area contributed by atoms with Gasteiger partial charge in [-0.25, -0.2) is 0 Å². The molecule has 27 heavy (non-hydrogen) atoms. The van der Waals surface area contributed by atoms with E-state index < -0.39 is 0 Å². The molecule has 1 N–H and O–H groups in total. The van der Waals surface area contributed by atoms with Gasteiger partial charge in [0, 0.05) is 5.39 Å². The second-order valence-electron chi connectivity index (χ2n) is 7.45. The number of fused-ring (bicyclic) bond motifs is 1. The van der Waals surface area contributed by atoms with Gasteiger partial charge in [0.2, 0.25) is 5.88 Å². The summed E-state index contributed by atoms with van der Waals surface area (Å²) >= 11 is 0. The minimum Gasteiger partial charge on any atom is -0.494 e. The highest BCUT2D eigenvalue weighted by Crippen LogP contribution is 2.42. The van der Waals surface area contributed by atoms with E-state index in [1.807, 2.05) is 50.2 Å². The number of aromatic nitrogens is 1. The van der Waals surface area contributed by atoms with Crippen molar-refractivity contribution in [2.45, 2.75) is 40.7 Å². The van der Waals surface area contributed by atoms with Crippen LogP contribution in [0.25, 0.3) is 10.9 Å². The van der Waals surface area contributed by atoms with Crippen LogP contribution in [0.2, 0.25) is 0 Å². The van der Waals surface area contributed by atoms with Gasteiger partial charge in [0.05, 0.1) is 18.7 Å². The van der Waals surface area contributed by atoms with E-state index in [9.17, 15) is 10.0 Å². The van der Waals surface area contributed by atoms with Gasteiger partial charge in [-0.05, 0) is 60.2 Å². The van der Waals surface area contributed by atoms with Crippen molar-refractivity contribution in [2.24, 2.45) is 11.1 Å². The highest BCUT2D eigenvalue weighted by Gasteiger charge is 2.20. The van der Waals surface area contributed by atoms with Crippen molar-refractivity contribution >= 4 is 16.6 Å². The third-order valence-electron chi connectivity index (χ3n) is 4.88. The van der Waals surface area contributed by atoms with E-state index in [1.165, 1.54) is 0 Å². The van der Waals surface area contributed by atoms with E-state index in [-0.39, 0.29) is 11.6 Å². The van der Waals surface area contributed by atoms with Crippen molar-refractivity contribution < 1.29 is 9.84 Å². The zero-order chi connectivity index (χ0) is 19.6. The summed E-state index contributed by atoms with van der Waals surface area (Å²) in [5.41, 5.74) is 3.89. The first-order valence-electron chi connectivity index (χ1n) is 9.28. The molecule has 0 saturated carbocycles. The van der Waals surface area contributed by atoms with Crippen LogP contribution in [-0.2, 0) is 6.54 Å². The van der Waals surface area contributed by atoms with E-state index in [0.29, 0.717) is 19.1 Å². The van der Waals surface area contributed by atoms with Crippen molar-refractivity contribution in [1.82, 2.24) is 4.57 Å². The van der Waals surface area contributed by atoms with Gasteiger partial charge in [-0.2, -0.15) is 0 Å². The van der Waals surface area contributed by atoms with Crippen LogP contribution in [0, 0.1) is 24.7 Å². The lowest BCUT2D eigenvalue weighted by Gasteiger charge is -2.11. The molecule has 0 saturated heterocycles. The molecule has 5 heteroatoms. The predicted molar refractivity (Wildman–Crippen MR) is 109 cm³/mol. The topological polar surface area (TPSA) is 63.8 Å². The smallest absolute Gasteiger partial charge is 0.222 e. The minimum absolute atomic E-state index is 0.0883. The van der Waals surface area contributed by atoms with Crippen molar-refractivity contribution in [1.29, 1.82) is 0 Å². The molecule has 2 aromatic carbocycles. The molecule has 0 amide bonds. The Bertz CT molecular complexity index is 956. The maximum absolute atomic E-state index is 11.3. The number of hydrogen-bond acceptors (Lipinski definition) is 4. The summed E-state index contributed by atoms with van der Waals surface area (Å²) in [7, 11) is 0. The SMILES string of the molecule is Cc1ccc(C)c2c1c(N=O)c(O)n2Cc1ccc(OCCC(C)C)cc1. The Balaban J connectivity index is 1.90. The third kappa shape index (κ3) is 3.82. The van der Waals surface area contributed by atoms with Crippen molar-refractivity contribution in [2.75, 3.05) is 6.61 Å². The number of benzene rings is 2. The average molecular weight is 366 g/mol. The average Bonchev–Trinajstić information content (AvgIpc) is 2.92. The molecule has 3 rings (SSSR count). The Kier molecular flexibility index (Phi) is 5.49. The van der Waals surface area contributed by atoms with Gasteiger partial charge < -0.3 is 14.4 Å². The first-order valence-corrected chi connectivity index (χ1v) is 9.28. The molecule has 0 aliphatic rings. The Hall–Kier alpha value is -2.82.